The second kappa shape index (κ2) is 9.38. The maximum absolute atomic E-state index is 13.2. The minimum absolute atomic E-state index is 0.0486. The molecular formula is C25H26FN5O3S2. The van der Waals surface area contributed by atoms with E-state index in [2.05, 4.69) is 22.5 Å². The number of piperidine rings is 1. The van der Waals surface area contributed by atoms with E-state index in [9.17, 15) is 17.6 Å². The molecule has 0 unspecified atom stereocenters. The van der Waals surface area contributed by atoms with Crippen molar-refractivity contribution in [2.24, 2.45) is 5.92 Å². The zero-order valence-electron chi connectivity index (χ0n) is 20.2. The summed E-state index contributed by atoms with van der Waals surface area (Å²) in [5, 5.41) is 8.19. The molecule has 5 rings (SSSR count). The number of halogens is 1. The quantitative estimate of drug-likeness (QED) is 0.410. The van der Waals surface area contributed by atoms with E-state index >= 15 is 0 Å². The number of hydrogen-bond donors (Lipinski definition) is 1. The smallest absolute Gasteiger partial charge is 0.243 e. The first kappa shape index (κ1) is 24.5. The molecule has 2 aromatic heterocycles. The summed E-state index contributed by atoms with van der Waals surface area (Å²) in [4.78, 5) is 17.9. The van der Waals surface area contributed by atoms with Crippen molar-refractivity contribution in [2.75, 3.05) is 18.4 Å². The predicted octanol–water partition coefficient (Wildman–Crippen LogP) is 4.59. The minimum atomic E-state index is -3.73. The van der Waals surface area contributed by atoms with Crippen LogP contribution in [0.15, 0.2) is 47.4 Å². The summed E-state index contributed by atoms with van der Waals surface area (Å²) in [6.07, 6.45) is 0.776. The van der Waals surface area contributed by atoms with Crippen LogP contribution in [0, 0.1) is 32.5 Å². The van der Waals surface area contributed by atoms with E-state index in [1.165, 1.54) is 27.8 Å². The molecule has 3 heterocycles. The van der Waals surface area contributed by atoms with Crippen molar-refractivity contribution in [3.05, 3.63) is 65.1 Å². The fourth-order valence-corrected chi connectivity index (χ4v) is 7.10. The number of nitrogens with zero attached hydrogens (tertiary/aromatic N) is 4. The first-order chi connectivity index (χ1) is 17.1. The monoisotopic (exact) mass is 527 g/mol. The zero-order valence-corrected chi connectivity index (χ0v) is 21.8. The Balaban J connectivity index is 1.30. The number of hydrogen-bond acceptors (Lipinski definition) is 6. The van der Waals surface area contributed by atoms with Gasteiger partial charge in [-0.1, -0.05) is 17.4 Å². The lowest BCUT2D eigenvalue weighted by atomic mass is 9.97. The van der Waals surface area contributed by atoms with Gasteiger partial charge in [0.2, 0.25) is 21.1 Å². The Labute approximate surface area is 212 Å². The molecule has 1 aliphatic rings. The Kier molecular flexibility index (Phi) is 6.39. The molecule has 1 fully saturated rings. The van der Waals surface area contributed by atoms with E-state index in [1.54, 1.807) is 10.7 Å². The first-order valence-corrected chi connectivity index (χ1v) is 13.9. The molecule has 188 valence electrons. The molecule has 8 nitrogen and oxygen atoms in total. The Morgan fingerprint density at radius 3 is 2.47 bits per heavy atom. The number of fused-ring (bicyclic) bond motifs is 1. The molecule has 0 saturated carbocycles. The third-order valence-electron chi connectivity index (χ3n) is 6.36. The number of sulfonamides is 1. The van der Waals surface area contributed by atoms with E-state index in [4.69, 9.17) is 4.98 Å². The van der Waals surface area contributed by atoms with Crippen LogP contribution in [0.25, 0.3) is 15.3 Å². The van der Waals surface area contributed by atoms with Crippen LogP contribution in [0.1, 0.15) is 29.7 Å². The van der Waals surface area contributed by atoms with E-state index < -0.39 is 15.8 Å². The lowest BCUT2D eigenvalue weighted by Gasteiger charge is -2.30. The van der Waals surface area contributed by atoms with Crippen LogP contribution in [-0.2, 0) is 14.8 Å². The van der Waals surface area contributed by atoms with Gasteiger partial charge in [0.1, 0.15) is 11.6 Å². The van der Waals surface area contributed by atoms with Crippen LogP contribution in [0.2, 0.25) is 0 Å². The average Bonchev–Trinajstić information content (AvgIpc) is 3.42. The van der Waals surface area contributed by atoms with Gasteiger partial charge in [-0.05, 0) is 75.1 Å². The number of rotatable bonds is 5. The molecule has 0 atom stereocenters. The second-order valence-corrected chi connectivity index (χ2v) is 12.1. The fraction of sp³-hybridized carbons (Fsp3) is 0.320. The Bertz CT molecular complexity index is 1550. The highest BCUT2D eigenvalue weighted by Gasteiger charge is 2.32. The fourth-order valence-electron chi connectivity index (χ4n) is 4.53. The molecule has 0 aliphatic carbocycles. The summed E-state index contributed by atoms with van der Waals surface area (Å²) < 4.78 is 43.0. The molecule has 0 spiro atoms. The topological polar surface area (TPSA) is 97.2 Å². The number of benzene rings is 2. The molecule has 1 aliphatic heterocycles. The third kappa shape index (κ3) is 4.65. The third-order valence-corrected chi connectivity index (χ3v) is 9.25. The average molecular weight is 528 g/mol. The number of anilines is 1. The predicted molar refractivity (Wildman–Crippen MR) is 137 cm³/mol. The van der Waals surface area contributed by atoms with Gasteiger partial charge in [-0.25, -0.2) is 17.8 Å². The van der Waals surface area contributed by atoms with Crippen LogP contribution >= 0.6 is 11.3 Å². The number of amides is 1. The SMILES string of the molecule is Cc1cc(C)c2nc(-n3nc(C)cc3NC(=O)C3CCN(S(=O)(=O)c4ccc(F)cc4)CC3)sc2c1. The van der Waals surface area contributed by atoms with Crippen molar-refractivity contribution in [1.82, 2.24) is 19.1 Å². The molecule has 0 bridgehead atoms. The molecule has 4 aromatic rings. The van der Waals surface area contributed by atoms with Crippen molar-refractivity contribution in [2.45, 2.75) is 38.5 Å². The molecule has 1 amide bonds. The number of carbonyl (C=O) groups is 1. The highest BCUT2D eigenvalue weighted by molar-refractivity contribution is 7.89. The van der Waals surface area contributed by atoms with Crippen LogP contribution in [0.5, 0.6) is 0 Å². The first-order valence-electron chi connectivity index (χ1n) is 11.6. The summed E-state index contributed by atoms with van der Waals surface area (Å²) in [5.74, 6) is -0.473. The highest BCUT2D eigenvalue weighted by Crippen LogP contribution is 2.31. The molecule has 2 aromatic carbocycles. The summed E-state index contributed by atoms with van der Waals surface area (Å²) >= 11 is 1.51. The Morgan fingerprint density at radius 1 is 1.08 bits per heavy atom. The van der Waals surface area contributed by atoms with Crippen molar-refractivity contribution >= 4 is 43.3 Å². The van der Waals surface area contributed by atoms with Crippen molar-refractivity contribution in [3.8, 4) is 5.13 Å². The largest absolute Gasteiger partial charge is 0.310 e. The van der Waals surface area contributed by atoms with Crippen molar-refractivity contribution in [1.29, 1.82) is 0 Å². The number of nitrogens with one attached hydrogen (secondary N) is 1. The van der Waals surface area contributed by atoms with Gasteiger partial charge in [0.25, 0.3) is 0 Å². The highest BCUT2D eigenvalue weighted by atomic mass is 32.2. The lowest BCUT2D eigenvalue weighted by molar-refractivity contribution is -0.120. The number of thiazole rings is 1. The number of aromatic nitrogens is 3. The van der Waals surface area contributed by atoms with Gasteiger partial charge in [0.15, 0.2) is 0 Å². The van der Waals surface area contributed by atoms with Crippen LogP contribution < -0.4 is 5.32 Å². The van der Waals surface area contributed by atoms with Crippen molar-refractivity contribution < 1.29 is 17.6 Å². The van der Waals surface area contributed by atoms with Gasteiger partial charge in [0, 0.05) is 25.1 Å². The summed E-state index contributed by atoms with van der Waals surface area (Å²) in [7, 11) is -3.73. The minimum Gasteiger partial charge on any atom is -0.310 e. The normalized spacial score (nSPS) is 15.4. The van der Waals surface area contributed by atoms with Gasteiger partial charge in [-0.2, -0.15) is 14.1 Å². The number of aryl methyl sites for hydroxylation is 3. The molecule has 36 heavy (non-hydrogen) atoms. The van der Waals surface area contributed by atoms with E-state index in [1.807, 2.05) is 20.8 Å². The number of carbonyl (C=O) groups excluding carboxylic acids is 1. The van der Waals surface area contributed by atoms with E-state index in [-0.39, 0.29) is 29.8 Å². The van der Waals surface area contributed by atoms with Gasteiger partial charge >= 0.3 is 0 Å². The molecule has 0 radical (unpaired) electrons. The van der Waals surface area contributed by atoms with Gasteiger partial charge in [-0.3, -0.25) is 4.79 Å². The van der Waals surface area contributed by atoms with Crippen LogP contribution in [-0.4, -0.2) is 46.5 Å². The standard InChI is InChI=1S/C25H26FN5O3S2/c1-15-12-16(2)23-21(13-15)35-25(28-23)31-22(14-17(3)29-31)27-24(32)18-8-10-30(11-9-18)36(33,34)20-6-4-19(26)5-7-20/h4-7,12-14,18H,8-11H2,1-3H3,(H,27,32). The zero-order chi connectivity index (χ0) is 25.6. The maximum Gasteiger partial charge on any atom is 0.243 e. The lowest BCUT2D eigenvalue weighted by Crippen LogP contribution is -2.41. The van der Waals surface area contributed by atoms with Gasteiger partial charge in [0.05, 0.1) is 20.8 Å². The molecule has 1 N–H and O–H groups in total. The van der Waals surface area contributed by atoms with Crippen LogP contribution in [0.4, 0.5) is 10.2 Å². The van der Waals surface area contributed by atoms with Gasteiger partial charge < -0.3 is 5.32 Å². The van der Waals surface area contributed by atoms with Crippen molar-refractivity contribution in [3.63, 3.8) is 0 Å². The second-order valence-electron chi connectivity index (χ2n) is 9.13. The van der Waals surface area contributed by atoms with E-state index in [0.717, 1.165) is 39.2 Å². The Hall–Kier alpha value is -3.15. The molecular weight excluding hydrogens is 501 g/mol. The maximum atomic E-state index is 13.2. The molecule has 11 heteroatoms. The summed E-state index contributed by atoms with van der Waals surface area (Å²) in [5.41, 5.74) is 3.91. The van der Waals surface area contributed by atoms with Crippen LogP contribution in [0.3, 0.4) is 0 Å². The van der Waals surface area contributed by atoms with Gasteiger partial charge in [-0.15, -0.1) is 0 Å². The van der Waals surface area contributed by atoms with E-state index in [0.29, 0.717) is 23.8 Å². The molecule has 1 saturated heterocycles. The Morgan fingerprint density at radius 2 is 1.78 bits per heavy atom. The summed E-state index contributed by atoms with van der Waals surface area (Å²) in [6.45, 7) is 6.36. The summed E-state index contributed by atoms with van der Waals surface area (Å²) in [6, 6.07) is 10.8.